The van der Waals surface area contributed by atoms with E-state index in [1.807, 2.05) is 77.6 Å². The first kappa shape index (κ1) is 42.2. The molecule has 330 valence electrons. The predicted octanol–water partition coefficient (Wildman–Crippen LogP) is 6.12. The minimum Gasteiger partial charge on any atom is -0.497 e. The van der Waals surface area contributed by atoms with E-state index in [2.05, 4.69) is 53.1 Å². The van der Waals surface area contributed by atoms with Gasteiger partial charge >= 0.3 is 5.69 Å². The number of nitrogens with two attached hydrogens (primary N) is 1. The molecule has 0 bridgehead atoms. The third-order valence-electron chi connectivity index (χ3n) is 11.3. The van der Waals surface area contributed by atoms with Crippen molar-refractivity contribution in [2.75, 3.05) is 72.6 Å². The molecule has 10 rings (SSSR count). The number of nitrogen functional groups attached to an aromatic ring is 1. The van der Waals surface area contributed by atoms with E-state index in [4.69, 9.17) is 29.7 Å². The van der Waals surface area contributed by atoms with Gasteiger partial charge in [-0.1, -0.05) is 36.4 Å². The number of methoxy groups -OCH3 is 2. The number of anilines is 1. The van der Waals surface area contributed by atoms with E-state index < -0.39 is 4.92 Å². The van der Waals surface area contributed by atoms with Crippen LogP contribution in [-0.2, 0) is 35.7 Å². The van der Waals surface area contributed by atoms with Crippen molar-refractivity contribution >= 4 is 33.4 Å². The number of imidazole rings is 2. The van der Waals surface area contributed by atoms with E-state index in [0.29, 0.717) is 36.1 Å². The monoisotopic (exact) mass is 866 g/mol. The first-order valence-electron chi connectivity index (χ1n) is 21.2. The average Bonchev–Trinajstić information content (AvgIpc) is 4.12. The Morgan fingerprint density at radius 3 is 1.53 bits per heavy atom. The Hall–Kier alpha value is -7.12. The molecular weight excluding hydrogens is 817 g/mol. The van der Waals surface area contributed by atoms with Gasteiger partial charge in [0.05, 0.1) is 86.4 Å². The quantitative estimate of drug-likeness (QED) is 0.0884. The van der Waals surface area contributed by atoms with Crippen LogP contribution in [-0.4, -0.2) is 121 Å². The molecule has 4 aromatic heterocycles. The molecular formula is C46H50N12O6. The molecule has 18 nitrogen and oxygen atoms in total. The normalized spacial score (nSPS) is 14.7. The Bertz CT molecular complexity index is 2840. The summed E-state index contributed by atoms with van der Waals surface area (Å²) in [5.41, 5.74) is 15.6. The molecule has 2 saturated heterocycles. The fraction of sp³-hybridized carbons (Fsp3) is 0.304. The third kappa shape index (κ3) is 9.90. The van der Waals surface area contributed by atoms with E-state index in [1.165, 1.54) is 11.8 Å². The van der Waals surface area contributed by atoms with Crippen LogP contribution in [0.15, 0.2) is 97.3 Å². The number of hydrogen-bond acceptors (Lipinski definition) is 13. The highest BCUT2D eigenvalue weighted by atomic mass is 16.6. The molecule has 0 unspecified atom stereocenters. The van der Waals surface area contributed by atoms with Crippen molar-refractivity contribution < 1.29 is 23.9 Å². The standard InChI is InChI=1S/C23H24N6O4.C23H26N6O2/c1-32-18-5-2-16(3-6-18)14-28-15-21(29(30)31)22(26-28)23-24-19-7-4-17(12-20(19)25-23)13-27-8-10-33-11-9-27;1-30-18-5-2-16(3-6-18)14-29-15-19(24)22(27-29)23-25-20-7-4-17(12-21(20)26-23)13-28-8-10-31-11-9-28/h2-7,12,15H,8-11,13-14H2,1H3,(H,24,25);2-7,12,15H,8-11,13-14,24H2,1H3,(H,25,26). The molecule has 0 spiro atoms. The van der Waals surface area contributed by atoms with Crippen LogP contribution in [0.2, 0.25) is 0 Å². The summed E-state index contributed by atoms with van der Waals surface area (Å²) in [5.74, 6) is 2.65. The van der Waals surface area contributed by atoms with E-state index in [9.17, 15) is 10.1 Å². The topological polar surface area (TPSA) is 206 Å². The van der Waals surface area contributed by atoms with Crippen molar-refractivity contribution in [3.05, 3.63) is 130 Å². The van der Waals surface area contributed by atoms with Gasteiger partial charge in [0.1, 0.15) is 17.7 Å². The number of fused-ring (bicyclic) bond motifs is 2. The van der Waals surface area contributed by atoms with Crippen molar-refractivity contribution in [1.29, 1.82) is 0 Å². The summed E-state index contributed by atoms with van der Waals surface area (Å²) in [4.78, 5) is 31.9. The van der Waals surface area contributed by atoms with Crippen molar-refractivity contribution in [1.82, 2.24) is 49.3 Å². The van der Waals surface area contributed by atoms with Gasteiger partial charge in [0.15, 0.2) is 17.3 Å². The van der Waals surface area contributed by atoms with Gasteiger partial charge in [-0.3, -0.25) is 29.3 Å². The zero-order valence-electron chi connectivity index (χ0n) is 35.8. The molecule has 0 saturated carbocycles. The van der Waals surface area contributed by atoms with Gasteiger partial charge < -0.3 is 34.6 Å². The number of nitrogens with one attached hydrogen (secondary N) is 2. The molecule has 4 aromatic carbocycles. The number of aromatic nitrogens is 8. The van der Waals surface area contributed by atoms with Gasteiger partial charge in [-0.2, -0.15) is 10.2 Å². The van der Waals surface area contributed by atoms with Crippen LogP contribution in [0.4, 0.5) is 11.4 Å². The first-order valence-corrected chi connectivity index (χ1v) is 21.2. The summed E-state index contributed by atoms with van der Waals surface area (Å²) in [5, 5.41) is 20.9. The maximum absolute atomic E-state index is 11.7. The fourth-order valence-electron chi connectivity index (χ4n) is 7.90. The molecule has 0 atom stereocenters. The molecule has 8 aromatic rings. The highest BCUT2D eigenvalue weighted by Gasteiger charge is 2.24. The average molecular weight is 867 g/mol. The van der Waals surface area contributed by atoms with E-state index in [-0.39, 0.29) is 11.4 Å². The van der Waals surface area contributed by atoms with Crippen molar-refractivity contribution in [3.8, 4) is 34.5 Å². The van der Waals surface area contributed by atoms with Crippen LogP contribution in [0.3, 0.4) is 0 Å². The lowest BCUT2D eigenvalue weighted by atomic mass is 10.2. The minimum absolute atomic E-state index is 0.0869. The first-order chi connectivity index (χ1) is 31.3. The minimum atomic E-state index is -0.427. The highest BCUT2D eigenvalue weighted by molar-refractivity contribution is 5.82. The highest BCUT2D eigenvalue weighted by Crippen LogP contribution is 2.30. The SMILES string of the molecule is COc1ccc(Cn2cc(N)c(-c3nc4ccc(CN5CCOCC5)cc4[nH]3)n2)cc1.COc1ccc(Cn2cc([N+](=O)[O-])c(-c3nc4ccc(CN5CCOCC5)cc4[nH]3)n2)cc1. The van der Waals surface area contributed by atoms with Gasteiger partial charge in [-0.25, -0.2) is 9.97 Å². The lowest BCUT2D eigenvalue weighted by molar-refractivity contribution is -0.384. The van der Waals surface area contributed by atoms with Crippen LogP contribution in [0.1, 0.15) is 22.3 Å². The molecule has 0 radical (unpaired) electrons. The van der Waals surface area contributed by atoms with Crippen LogP contribution < -0.4 is 15.2 Å². The zero-order chi connectivity index (χ0) is 44.0. The number of hydrogen-bond donors (Lipinski definition) is 3. The summed E-state index contributed by atoms with van der Waals surface area (Å²) >= 11 is 0. The van der Waals surface area contributed by atoms with Crippen molar-refractivity contribution in [2.24, 2.45) is 0 Å². The molecule has 0 amide bonds. The molecule has 2 aliphatic heterocycles. The van der Waals surface area contributed by atoms with Crippen LogP contribution in [0.5, 0.6) is 11.5 Å². The third-order valence-corrected chi connectivity index (χ3v) is 11.3. The Kier molecular flexibility index (Phi) is 12.6. The molecule has 64 heavy (non-hydrogen) atoms. The van der Waals surface area contributed by atoms with Crippen molar-refractivity contribution in [2.45, 2.75) is 26.2 Å². The Labute approximate surface area is 368 Å². The van der Waals surface area contributed by atoms with Crippen LogP contribution in [0.25, 0.3) is 45.1 Å². The second kappa shape index (κ2) is 19.1. The van der Waals surface area contributed by atoms with Crippen molar-refractivity contribution in [3.63, 3.8) is 0 Å². The number of ether oxygens (including phenoxy) is 4. The Balaban J connectivity index is 0.000000162. The van der Waals surface area contributed by atoms with Gasteiger partial charge in [0, 0.05) is 45.5 Å². The summed E-state index contributed by atoms with van der Waals surface area (Å²) in [6.07, 6.45) is 3.28. The molecule has 0 aliphatic carbocycles. The van der Waals surface area contributed by atoms with E-state index in [1.54, 1.807) is 18.9 Å². The van der Waals surface area contributed by atoms with Gasteiger partial charge in [-0.05, 0) is 70.8 Å². The predicted molar refractivity (Wildman–Crippen MR) is 242 cm³/mol. The second-order valence-electron chi connectivity index (χ2n) is 15.8. The van der Waals surface area contributed by atoms with Gasteiger partial charge in [0.25, 0.3) is 0 Å². The van der Waals surface area contributed by atoms with Gasteiger partial charge in [0.2, 0.25) is 5.69 Å². The van der Waals surface area contributed by atoms with Crippen LogP contribution in [0, 0.1) is 10.1 Å². The lowest BCUT2D eigenvalue weighted by Gasteiger charge is -2.26. The summed E-state index contributed by atoms with van der Waals surface area (Å²) < 4.78 is 24.6. The smallest absolute Gasteiger partial charge is 0.318 e. The molecule has 18 heteroatoms. The number of H-pyrrole nitrogens is 2. The molecule has 2 fully saturated rings. The number of nitrogens with zero attached hydrogens (tertiary/aromatic N) is 9. The second-order valence-corrected chi connectivity index (χ2v) is 15.8. The zero-order valence-corrected chi connectivity index (χ0v) is 35.8. The summed E-state index contributed by atoms with van der Waals surface area (Å²) in [7, 11) is 3.27. The molecule has 2 aliphatic rings. The number of nitro groups is 1. The summed E-state index contributed by atoms with van der Waals surface area (Å²) in [6, 6.07) is 27.8. The fourth-order valence-corrected chi connectivity index (χ4v) is 7.90. The van der Waals surface area contributed by atoms with E-state index >= 15 is 0 Å². The largest absolute Gasteiger partial charge is 0.497 e. The van der Waals surface area contributed by atoms with E-state index in [0.717, 1.165) is 116 Å². The number of aromatic amines is 2. The van der Waals surface area contributed by atoms with Gasteiger partial charge in [-0.15, -0.1) is 0 Å². The maximum atomic E-state index is 11.7. The maximum Gasteiger partial charge on any atom is 0.318 e. The Morgan fingerprint density at radius 1 is 0.625 bits per heavy atom. The number of benzene rings is 4. The lowest BCUT2D eigenvalue weighted by Crippen LogP contribution is -2.35. The molecule has 6 heterocycles. The summed E-state index contributed by atoms with van der Waals surface area (Å²) in [6.45, 7) is 9.60. The van der Waals surface area contributed by atoms with Crippen LogP contribution >= 0.6 is 0 Å². The number of rotatable bonds is 13. The molecule has 4 N–H and O–H groups in total. The number of morpholine rings is 2. The Morgan fingerprint density at radius 2 is 1.06 bits per heavy atom.